The van der Waals surface area contributed by atoms with Crippen LogP contribution in [0.15, 0.2) is 59.4 Å². The third-order valence-electron chi connectivity index (χ3n) is 5.80. The first-order chi connectivity index (χ1) is 16.9. The minimum absolute atomic E-state index is 0.0631. The number of rotatable bonds is 5. The van der Waals surface area contributed by atoms with Gasteiger partial charge in [0.25, 0.3) is 0 Å². The topological polar surface area (TPSA) is 165 Å². The van der Waals surface area contributed by atoms with Gasteiger partial charge in [-0.05, 0) is 31.2 Å². The van der Waals surface area contributed by atoms with Crippen molar-refractivity contribution in [1.82, 2.24) is 25.0 Å². The van der Waals surface area contributed by atoms with E-state index >= 15 is 0 Å². The summed E-state index contributed by atoms with van der Waals surface area (Å²) in [5.41, 5.74) is 3.26. The van der Waals surface area contributed by atoms with Gasteiger partial charge in [-0.25, -0.2) is 15.0 Å². The number of benzene rings is 2. The van der Waals surface area contributed by atoms with Crippen LogP contribution in [0.1, 0.15) is 40.6 Å². The summed E-state index contributed by atoms with van der Waals surface area (Å²) in [6.07, 6.45) is 1.92. The number of carbonyl (C=O) groups is 2. The van der Waals surface area contributed by atoms with E-state index in [1.54, 1.807) is 47.6 Å². The van der Waals surface area contributed by atoms with Crippen molar-refractivity contribution in [1.29, 1.82) is 0 Å². The smallest absolute Gasteiger partial charge is 0.322 e. The summed E-state index contributed by atoms with van der Waals surface area (Å²) < 4.78 is 5.52. The maximum Gasteiger partial charge on any atom is 0.322 e. The van der Waals surface area contributed by atoms with Crippen LogP contribution in [0, 0.1) is 5.21 Å². The molecule has 12 heteroatoms. The highest BCUT2D eigenvalue weighted by atomic mass is 16.8. The largest absolute Gasteiger partial charge is 0.595 e. The normalized spacial score (nSPS) is 16.0. The Bertz CT molecular complexity index is 1380. The minimum Gasteiger partial charge on any atom is -0.595 e. The number of fused-ring (bicyclic) bond motifs is 1. The van der Waals surface area contributed by atoms with Gasteiger partial charge < -0.3 is 24.9 Å². The van der Waals surface area contributed by atoms with Crippen LogP contribution < -0.4 is 10.5 Å². The second kappa shape index (κ2) is 9.10. The summed E-state index contributed by atoms with van der Waals surface area (Å²) in [5.74, 6) is 0.361. The number of imidazole rings is 1. The Hall–Kier alpha value is -4.39. The van der Waals surface area contributed by atoms with Crippen LogP contribution in [0.4, 0.5) is 16.2 Å². The van der Waals surface area contributed by atoms with Crippen LogP contribution in [-0.2, 0) is 13.0 Å². The molecule has 4 aromatic rings. The molecule has 3 heterocycles. The van der Waals surface area contributed by atoms with Gasteiger partial charge in [-0.15, -0.1) is 0 Å². The molecule has 2 aromatic heterocycles. The summed E-state index contributed by atoms with van der Waals surface area (Å²) in [5, 5.41) is 26.4. The second-order valence-electron chi connectivity index (χ2n) is 8.08. The fourth-order valence-corrected chi connectivity index (χ4v) is 3.93. The zero-order valence-corrected chi connectivity index (χ0v) is 18.6. The first kappa shape index (κ1) is 22.4. The summed E-state index contributed by atoms with van der Waals surface area (Å²) >= 11 is 0. The van der Waals surface area contributed by atoms with Gasteiger partial charge in [0.05, 0.1) is 24.3 Å². The van der Waals surface area contributed by atoms with E-state index in [0.29, 0.717) is 23.2 Å². The quantitative estimate of drug-likeness (QED) is 0.252. The number of amides is 2. The summed E-state index contributed by atoms with van der Waals surface area (Å²) in [7, 11) is 0. The molecule has 35 heavy (non-hydrogen) atoms. The van der Waals surface area contributed by atoms with Crippen LogP contribution in [-0.4, -0.2) is 42.0 Å². The lowest BCUT2D eigenvalue weighted by Gasteiger charge is -2.32. The molecule has 2 aromatic carbocycles. The van der Waals surface area contributed by atoms with Gasteiger partial charge in [0.15, 0.2) is 11.5 Å². The van der Waals surface area contributed by atoms with E-state index in [-0.39, 0.29) is 29.7 Å². The number of nitrogens with zero attached hydrogens (tertiary/aromatic N) is 4. The average molecular weight is 475 g/mol. The van der Waals surface area contributed by atoms with Crippen LogP contribution in [0.2, 0.25) is 0 Å². The van der Waals surface area contributed by atoms with Gasteiger partial charge in [-0.3, -0.25) is 4.79 Å². The van der Waals surface area contributed by atoms with Crippen molar-refractivity contribution in [3.05, 3.63) is 82.9 Å². The first-order valence-corrected chi connectivity index (χ1v) is 10.8. The van der Waals surface area contributed by atoms with Crippen molar-refractivity contribution in [2.24, 2.45) is 0 Å². The lowest BCUT2D eigenvalue weighted by molar-refractivity contribution is -0.991. The molecule has 0 spiro atoms. The molecule has 5 rings (SSSR count). The Morgan fingerprint density at radius 3 is 2.80 bits per heavy atom. The standard InChI is InChI=1S/C23H21N7O5/c1-13(31)14-5-7-16(8-6-14)26-23(32)29-11-19-18(24-12-25-19)10-20(29)22-27-21(28-35-22)15-3-2-4-17(9-15)30(33)34/h2-9,12,20,30,33H,10-11H2,1H3,(H,24,25)(H,26,32). The van der Waals surface area contributed by atoms with E-state index in [1.165, 1.54) is 19.1 Å². The van der Waals surface area contributed by atoms with Crippen molar-refractivity contribution < 1.29 is 24.5 Å². The van der Waals surface area contributed by atoms with Crippen LogP contribution in [0.3, 0.4) is 0 Å². The second-order valence-corrected chi connectivity index (χ2v) is 8.08. The molecule has 2 atom stereocenters. The molecule has 0 saturated heterocycles. The van der Waals surface area contributed by atoms with Gasteiger partial charge in [0, 0.05) is 35.4 Å². The predicted octanol–water partition coefficient (Wildman–Crippen LogP) is 2.40. The Morgan fingerprint density at radius 2 is 2.06 bits per heavy atom. The third-order valence-corrected chi connectivity index (χ3v) is 5.80. The number of H-pyrrole nitrogens is 1. The van der Waals surface area contributed by atoms with Gasteiger partial charge in [0.1, 0.15) is 6.04 Å². The summed E-state index contributed by atoms with van der Waals surface area (Å²) in [6.45, 7) is 1.72. The molecule has 0 aliphatic carbocycles. The number of quaternary nitrogens is 1. The molecule has 0 saturated carbocycles. The van der Waals surface area contributed by atoms with E-state index in [0.717, 1.165) is 11.4 Å². The fourth-order valence-electron chi connectivity index (χ4n) is 3.93. The highest BCUT2D eigenvalue weighted by Gasteiger charge is 2.36. The minimum atomic E-state index is -1.06. The molecule has 12 nitrogen and oxygen atoms in total. The van der Waals surface area contributed by atoms with Crippen molar-refractivity contribution in [3.63, 3.8) is 0 Å². The highest BCUT2D eigenvalue weighted by molar-refractivity contribution is 5.95. The first-order valence-electron chi connectivity index (χ1n) is 10.8. The fraction of sp³-hybridized carbons (Fsp3) is 0.174. The van der Waals surface area contributed by atoms with E-state index in [9.17, 15) is 20.0 Å². The van der Waals surface area contributed by atoms with E-state index in [4.69, 9.17) is 4.52 Å². The molecule has 0 fully saturated rings. The Balaban J connectivity index is 1.42. The van der Waals surface area contributed by atoms with Crippen LogP contribution in [0.25, 0.3) is 11.4 Å². The molecule has 178 valence electrons. The lowest BCUT2D eigenvalue weighted by Crippen LogP contribution is -2.99. The maximum absolute atomic E-state index is 13.3. The molecular formula is C23H21N7O5. The number of carbonyl (C=O) groups excluding carboxylic acids is 2. The van der Waals surface area contributed by atoms with Crippen molar-refractivity contribution >= 4 is 23.2 Å². The zero-order chi connectivity index (χ0) is 24.5. The number of hydrogen-bond acceptors (Lipinski definition) is 8. The van der Waals surface area contributed by atoms with Crippen molar-refractivity contribution in [3.8, 4) is 11.4 Å². The number of urea groups is 1. The number of aromatic nitrogens is 4. The molecule has 0 radical (unpaired) electrons. The van der Waals surface area contributed by atoms with E-state index < -0.39 is 17.3 Å². The van der Waals surface area contributed by atoms with Crippen LogP contribution in [0.5, 0.6) is 0 Å². The number of nitrogens with one attached hydrogen (secondary N) is 3. The average Bonchev–Trinajstić information content (AvgIpc) is 3.53. The predicted molar refractivity (Wildman–Crippen MR) is 122 cm³/mol. The Kier molecular flexibility index (Phi) is 5.82. The van der Waals surface area contributed by atoms with Gasteiger partial charge in [-0.2, -0.15) is 10.2 Å². The number of ketones is 1. The van der Waals surface area contributed by atoms with Crippen molar-refractivity contribution in [2.75, 3.05) is 5.32 Å². The van der Waals surface area contributed by atoms with Crippen molar-refractivity contribution in [2.45, 2.75) is 25.9 Å². The lowest BCUT2D eigenvalue weighted by atomic mass is 10.0. The number of aromatic amines is 1. The maximum atomic E-state index is 13.3. The summed E-state index contributed by atoms with van der Waals surface area (Å²) in [6, 6.07) is 11.9. The summed E-state index contributed by atoms with van der Waals surface area (Å²) in [4.78, 5) is 38.2. The SMILES string of the molecule is CC(=O)c1ccc(NC(=O)N2Cc3[nH]cnc3CC2c2nc(-c3cccc([NH+]([O-])O)c3)no2)cc1. The van der Waals surface area contributed by atoms with Gasteiger partial charge in [0.2, 0.25) is 11.7 Å². The van der Waals surface area contributed by atoms with E-state index in [1.807, 2.05) is 0 Å². The molecule has 1 aliphatic heterocycles. The molecule has 0 bridgehead atoms. The Labute approximate surface area is 198 Å². The number of Topliss-reactive ketones (excluding diaryl/α,β-unsaturated/α-hetero) is 1. The van der Waals surface area contributed by atoms with Gasteiger partial charge >= 0.3 is 6.03 Å². The monoisotopic (exact) mass is 475 g/mol. The van der Waals surface area contributed by atoms with E-state index in [2.05, 4.69) is 25.4 Å². The molecule has 1 aliphatic rings. The third kappa shape index (κ3) is 4.53. The molecule has 2 amide bonds. The Morgan fingerprint density at radius 1 is 1.26 bits per heavy atom. The van der Waals surface area contributed by atoms with Crippen LogP contribution >= 0.6 is 0 Å². The molecular weight excluding hydrogens is 454 g/mol. The van der Waals surface area contributed by atoms with Gasteiger partial charge in [-0.1, -0.05) is 17.3 Å². The number of anilines is 1. The molecule has 4 N–H and O–H groups in total. The molecule has 2 unspecified atom stereocenters. The number of hydrogen-bond donors (Lipinski definition) is 4. The zero-order valence-electron chi connectivity index (χ0n) is 18.6. The highest BCUT2D eigenvalue weighted by Crippen LogP contribution is 2.33.